The van der Waals surface area contributed by atoms with Gasteiger partial charge in [-0.2, -0.15) is 23.3 Å². The molecule has 0 unspecified atom stereocenters. The molecule has 0 aliphatic carbocycles. The fourth-order valence-electron chi connectivity index (χ4n) is 2.34. The van der Waals surface area contributed by atoms with Crippen LogP contribution in [0.4, 0.5) is 24.9 Å². The van der Waals surface area contributed by atoms with E-state index in [0.717, 1.165) is 12.5 Å². The number of hydrogen-bond acceptors (Lipinski definition) is 6. The zero-order valence-corrected chi connectivity index (χ0v) is 11.4. The Labute approximate surface area is 123 Å². The van der Waals surface area contributed by atoms with E-state index in [1.807, 2.05) is 10.00 Å². The molecule has 10 heteroatoms. The summed E-state index contributed by atoms with van der Waals surface area (Å²) in [7, 11) is 0. The van der Waals surface area contributed by atoms with Gasteiger partial charge in [0, 0.05) is 25.2 Å². The molecule has 118 valence electrons. The molecule has 1 aliphatic heterocycles. The molecule has 0 bridgehead atoms. The highest BCUT2D eigenvalue weighted by atomic mass is 19.4. The van der Waals surface area contributed by atoms with Crippen molar-refractivity contribution < 1.29 is 13.2 Å². The molecule has 22 heavy (non-hydrogen) atoms. The molecule has 0 aromatic carbocycles. The van der Waals surface area contributed by atoms with Crippen LogP contribution in [0.2, 0.25) is 0 Å². The topological polar surface area (TPSA) is 110 Å². The summed E-state index contributed by atoms with van der Waals surface area (Å²) in [5, 5.41) is 5.59. The van der Waals surface area contributed by atoms with Crippen LogP contribution < -0.4 is 16.4 Å². The summed E-state index contributed by atoms with van der Waals surface area (Å²) in [5.41, 5.74) is 10.8. The smallest absolute Gasteiger partial charge is 0.368 e. The van der Waals surface area contributed by atoms with Crippen molar-refractivity contribution >= 4 is 11.8 Å². The minimum Gasteiger partial charge on any atom is -0.368 e. The van der Waals surface area contributed by atoms with E-state index in [2.05, 4.69) is 15.1 Å². The number of nitrogen functional groups attached to an aromatic ring is 1. The van der Waals surface area contributed by atoms with Crippen LogP contribution in [0, 0.1) is 0 Å². The van der Waals surface area contributed by atoms with E-state index in [1.54, 1.807) is 6.07 Å². The zero-order valence-electron chi connectivity index (χ0n) is 11.4. The van der Waals surface area contributed by atoms with Gasteiger partial charge < -0.3 is 16.4 Å². The van der Waals surface area contributed by atoms with Crippen LogP contribution in [0.25, 0.3) is 11.4 Å². The molecule has 1 saturated heterocycles. The molecular weight excluding hydrogens is 299 g/mol. The highest BCUT2D eigenvalue weighted by Crippen LogP contribution is 2.31. The Kier molecular flexibility index (Phi) is 3.39. The van der Waals surface area contributed by atoms with Gasteiger partial charge in [-0.1, -0.05) is 0 Å². The fourth-order valence-corrected chi connectivity index (χ4v) is 2.34. The Balaban J connectivity index is 1.94. The standard InChI is InChI=1S/C12H14F3N7/c13-12(14,15)9-3-8(20-21-9)7-4-10(19-11(17)18-7)22-2-1-6(16)5-22/h3-4,6H,1-2,5,16H2,(H,20,21)(H2,17,18,19)/t6-/m1/s1. The van der Waals surface area contributed by atoms with E-state index >= 15 is 0 Å². The van der Waals surface area contributed by atoms with Crippen molar-refractivity contribution in [2.75, 3.05) is 23.7 Å². The summed E-state index contributed by atoms with van der Waals surface area (Å²) in [6.07, 6.45) is -3.67. The van der Waals surface area contributed by atoms with Crippen molar-refractivity contribution in [1.82, 2.24) is 20.2 Å². The number of anilines is 2. The average molecular weight is 313 g/mol. The van der Waals surface area contributed by atoms with Gasteiger partial charge in [0.05, 0.1) is 5.69 Å². The van der Waals surface area contributed by atoms with E-state index in [9.17, 15) is 13.2 Å². The zero-order chi connectivity index (χ0) is 15.9. The van der Waals surface area contributed by atoms with Crippen LogP contribution in [0.5, 0.6) is 0 Å². The van der Waals surface area contributed by atoms with Crippen LogP contribution in [-0.2, 0) is 6.18 Å². The molecule has 1 fully saturated rings. The predicted octanol–water partition coefficient (Wildman–Crippen LogP) is 1.01. The van der Waals surface area contributed by atoms with Crippen molar-refractivity contribution in [3.8, 4) is 11.4 Å². The SMILES string of the molecule is Nc1nc(-c2cc(C(F)(F)F)[nH]n2)cc(N2CC[C@@H](N)C2)n1. The molecule has 3 heterocycles. The highest BCUT2D eigenvalue weighted by Gasteiger charge is 2.33. The lowest BCUT2D eigenvalue weighted by Gasteiger charge is -2.17. The van der Waals surface area contributed by atoms with Gasteiger partial charge in [-0.25, -0.2) is 4.98 Å². The highest BCUT2D eigenvalue weighted by molar-refractivity contribution is 5.61. The largest absolute Gasteiger partial charge is 0.432 e. The molecule has 0 amide bonds. The van der Waals surface area contributed by atoms with Gasteiger partial charge in [-0.05, 0) is 12.5 Å². The maximum atomic E-state index is 12.6. The van der Waals surface area contributed by atoms with E-state index in [0.29, 0.717) is 18.9 Å². The lowest BCUT2D eigenvalue weighted by molar-refractivity contribution is -0.141. The first kappa shape index (κ1) is 14.6. The van der Waals surface area contributed by atoms with Gasteiger partial charge in [0.1, 0.15) is 17.2 Å². The normalized spacial score (nSPS) is 18.9. The van der Waals surface area contributed by atoms with Gasteiger partial charge in [0.15, 0.2) is 0 Å². The Bertz CT molecular complexity index is 682. The van der Waals surface area contributed by atoms with Crippen molar-refractivity contribution in [2.24, 2.45) is 5.73 Å². The Morgan fingerprint density at radius 1 is 1.23 bits per heavy atom. The first-order chi connectivity index (χ1) is 10.3. The quantitative estimate of drug-likeness (QED) is 0.763. The van der Waals surface area contributed by atoms with E-state index in [1.165, 1.54) is 0 Å². The summed E-state index contributed by atoms with van der Waals surface area (Å²) >= 11 is 0. The monoisotopic (exact) mass is 313 g/mol. The number of aromatic nitrogens is 4. The second-order valence-electron chi connectivity index (χ2n) is 5.13. The van der Waals surface area contributed by atoms with Crippen molar-refractivity contribution in [3.05, 3.63) is 17.8 Å². The van der Waals surface area contributed by atoms with Crippen LogP contribution in [0.1, 0.15) is 12.1 Å². The number of nitrogens with one attached hydrogen (secondary N) is 1. The molecule has 1 aliphatic rings. The molecule has 3 rings (SSSR count). The molecule has 1 atom stereocenters. The Morgan fingerprint density at radius 3 is 2.59 bits per heavy atom. The van der Waals surface area contributed by atoms with Gasteiger partial charge in [0.25, 0.3) is 0 Å². The van der Waals surface area contributed by atoms with Crippen molar-refractivity contribution in [2.45, 2.75) is 18.6 Å². The third-order valence-electron chi connectivity index (χ3n) is 3.42. The lowest BCUT2D eigenvalue weighted by atomic mass is 10.2. The first-order valence-electron chi connectivity index (χ1n) is 6.61. The summed E-state index contributed by atoms with van der Waals surface area (Å²) in [6.45, 7) is 1.33. The molecule has 0 spiro atoms. The molecular formula is C12H14F3N7. The van der Waals surface area contributed by atoms with E-state index in [4.69, 9.17) is 11.5 Å². The van der Waals surface area contributed by atoms with E-state index < -0.39 is 11.9 Å². The summed E-state index contributed by atoms with van der Waals surface area (Å²) in [4.78, 5) is 9.98. The molecule has 2 aromatic heterocycles. The molecule has 7 nitrogen and oxygen atoms in total. The number of halogens is 3. The molecule has 0 radical (unpaired) electrons. The minimum atomic E-state index is -4.49. The maximum absolute atomic E-state index is 12.6. The third kappa shape index (κ3) is 2.82. The maximum Gasteiger partial charge on any atom is 0.432 e. The number of aromatic amines is 1. The number of rotatable bonds is 2. The molecule has 5 N–H and O–H groups in total. The molecule has 0 saturated carbocycles. The second-order valence-corrected chi connectivity index (χ2v) is 5.13. The van der Waals surface area contributed by atoms with Crippen LogP contribution in [-0.4, -0.2) is 39.3 Å². The Hall–Kier alpha value is -2.36. The van der Waals surface area contributed by atoms with Crippen LogP contribution in [0.3, 0.4) is 0 Å². The molecule has 2 aromatic rings. The number of nitrogens with two attached hydrogens (primary N) is 2. The predicted molar refractivity (Wildman–Crippen MR) is 73.8 cm³/mol. The minimum absolute atomic E-state index is 0.0236. The van der Waals surface area contributed by atoms with Crippen LogP contribution in [0.15, 0.2) is 12.1 Å². The number of nitrogens with zero attached hydrogens (tertiary/aromatic N) is 4. The van der Waals surface area contributed by atoms with E-state index in [-0.39, 0.29) is 23.4 Å². The first-order valence-corrected chi connectivity index (χ1v) is 6.61. The van der Waals surface area contributed by atoms with Gasteiger partial charge >= 0.3 is 6.18 Å². The Morgan fingerprint density at radius 2 is 2.00 bits per heavy atom. The second kappa shape index (κ2) is 5.13. The number of hydrogen-bond donors (Lipinski definition) is 3. The van der Waals surface area contributed by atoms with Crippen molar-refractivity contribution in [1.29, 1.82) is 0 Å². The number of alkyl halides is 3. The van der Waals surface area contributed by atoms with Gasteiger partial charge in [0.2, 0.25) is 5.95 Å². The average Bonchev–Trinajstić information content (AvgIpc) is 3.05. The van der Waals surface area contributed by atoms with Gasteiger partial charge in [-0.15, -0.1) is 0 Å². The van der Waals surface area contributed by atoms with Crippen molar-refractivity contribution in [3.63, 3.8) is 0 Å². The number of H-pyrrole nitrogens is 1. The lowest BCUT2D eigenvalue weighted by Crippen LogP contribution is -2.27. The fraction of sp³-hybridized carbons (Fsp3) is 0.417. The van der Waals surface area contributed by atoms with Crippen LogP contribution >= 0.6 is 0 Å². The summed E-state index contributed by atoms with van der Waals surface area (Å²) < 4.78 is 37.8. The van der Waals surface area contributed by atoms with Gasteiger partial charge in [-0.3, -0.25) is 5.10 Å². The summed E-state index contributed by atoms with van der Waals surface area (Å²) in [5.74, 6) is 0.511. The third-order valence-corrected chi connectivity index (χ3v) is 3.42. The summed E-state index contributed by atoms with van der Waals surface area (Å²) in [6, 6.07) is 2.49.